The first-order valence-electron chi connectivity index (χ1n) is 6.02. The highest BCUT2D eigenvalue weighted by Gasteiger charge is 2.38. The van der Waals surface area contributed by atoms with Crippen LogP contribution >= 0.6 is 35.6 Å². The Bertz CT molecular complexity index is 487. The van der Waals surface area contributed by atoms with Crippen LogP contribution in [0.25, 0.3) is 0 Å². The van der Waals surface area contributed by atoms with Crippen molar-refractivity contribution in [1.29, 1.82) is 0 Å². The molecule has 0 amide bonds. The molecule has 1 aliphatic carbocycles. The number of nitrogens with zero attached hydrogens (tertiary/aromatic N) is 1. The number of hydrogen-bond acceptors (Lipinski definition) is 1. The third-order valence-corrected chi connectivity index (χ3v) is 3.15. The Balaban J connectivity index is 0.00000180. The minimum atomic E-state index is 0. The average Bonchev–Trinajstić information content (AvgIpc) is 3.06. The normalized spacial score (nSPS) is 21.5. The molecule has 1 fully saturated rings. The van der Waals surface area contributed by atoms with Gasteiger partial charge < -0.3 is 11.1 Å². The van der Waals surface area contributed by atoms with E-state index in [0.29, 0.717) is 24.5 Å². The van der Waals surface area contributed by atoms with E-state index in [-0.39, 0.29) is 24.0 Å². The first-order valence-corrected chi connectivity index (χ1v) is 6.40. The van der Waals surface area contributed by atoms with Gasteiger partial charge in [0.05, 0.1) is 6.54 Å². The molecule has 0 radical (unpaired) electrons. The molecule has 2 rings (SSSR count). The lowest BCUT2D eigenvalue weighted by Gasteiger charge is -2.05. The smallest absolute Gasteiger partial charge is 0.189 e. The number of halogens is 2. The van der Waals surface area contributed by atoms with Crippen LogP contribution in [0.5, 0.6) is 0 Å². The van der Waals surface area contributed by atoms with Crippen LogP contribution in [0, 0.1) is 0 Å². The average molecular weight is 392 g/mol. The lowest BCUT2D eigenvalue weighted by atomic mass is 10.1. The van der Waals surface area contributed by atoms with E-state index >= 15 is 0 Å². The number of rotatable bonds is 4. The van der Waals surface area contributed by atoms with Crippen molar-refractivity contribution < 1.29 is 0 Å². The molecule has 2 atom stereocenters. The van der Waals surface area contributed by atoms with Crippen LogP contribution in [0.3, 0.4) is 0 Å². The molecular formula is C14H19ClIN3. The fourth-order valence-corrected chi connectivity index (χ4v) is 2.11. The summed E-state index contributed by atoms with van der Waals surface area (Å²) in [6.45, 7) is 6.30. The molecule has 1 aliphatic rings. The summed E-state index contributed by atoms with van der Waals surface area (Å²) in [6, 6.07) is 8.34. The highest BCUT2D eigenvalue weighted by Crippen LogP contribution is 2.41. The molecule has 1 aromatic rings. The van der Waals surface area contributed by atoms with E-state index in [1.54, 1.807) is 0 Å². The predicted molar refractivity (Wildman–Crippen MR) is 92.5 cm³/mol. The standard InChI is InChI=1S/C14H18ClN3.HI/c1-9(2)8-17-14(16)18-13-7-12(13)10-4-3-5-11(15)6-10;/h3-6,12-13H,1,7-8H2,2H3,(H3,16,17,18);1H. The molecule has 0 aromatic heterocycles. The van der Waals surface area contributed by atoms with Crippen LogP contribution in [-0.4, -0.2) is 18.5 Å². The second-order valence-corrected chi connectivity index (χ2v) is 5.24. The van der Waals surface area contributed by atoms with E-state index in [2.05, 4.69) is 23.0 Å². The van der Waals surface area contributed by atoms with Gasteiger partial charge in [0, 0.05) is 17.0 Å². The molecule has 0 heterocycles. The number of benzene rings is 1. The van der Waals surface area contributed by atoms with E-state index in [9.17, 15) is 0 Å². The summed E-state index contributed by atoms with van der Waals surface area (Å²) >= 11 is 5.98. The third kappa shape index (κ3) is 5.03. The van der Waals surface area contributed by atoms with Gasteiger partial charge in [-0.25, -0.2) is 4.99 Å². The maximum atomic E-state index is 5.98. The quantitative estimate of drug-likeness (QED) is 0.358. The first kappa shape index (κ1) is 16.3. The van der Waals surface area contributed by atoms with Crippen LogP contribution in [0.1, 0.15) is 24.8 Å². The third-order valence-electron chi connectivity index (χ3n) is 2.92. The Labute approximate surface area is 136 Å². The van der Waals surface area contributed by atoms with Crippen LogP contribution < -0.4 is 11.1 Å². The van der Waals surface area contributed by atoms with Crippen LogP contribution in [0.4, 0.5) is 0 Å². The molecule has 19 heavy (non-hydrogen) atoms. The van der Waals surface area contributed by atoms with Gasteiger partial charge in [0.2, 0.25) is 0 Å². The molecule has 3 N–H and O–H groups in total. The lowest BCUT2D eigenvalue weighted by Crippen LogP contribution is -2.34. The van der Waals surface area contributed by atoms with Gasteiger partial charge in [-0.05, 0) is 31.0 Å². The molecule has 104 valence electrons. The van der Waals surface area contributed by atoms with Crippen molar-refractivity contribution in [1.82, 2.24) is 5.32 Å². The van der Waals surface area contributed by atoms with Gasteiger partial charge in [0.15, 0.2) is 5.96 Å². The van der Waals surface area contributed by atoms with Crippen molar-refractivity contribution in [2.45, 2.75) is 25.3 Å². The van der Waals surface area contributed by atoms with Crippen LogP contribution in [0.2, 0.25) is 5.02 Å². The minimum absolute atomic E-state index is 0. The first-order chi connectivity index (χ1) is 8.56. The Morgan fingerprint density at radius 3 is 2.95 bits per heavy atom. The second kappa shape index (κ2) is 7.14. The topological polar surface area (TPSA) is 50.4 Å². The molecule has 0 bridgehead atoms. The zero-order valence-corrected chi connectivity index (χ0v) is 14.0. The van der Waals surface area contributed by atoms with Crippen molar-refractivity contribution >= 4 is 41.5 Å². The molecule has 1 aromatic carbocycles. The SMILES string of the molecule is C=C(C)CN=C(N)NC1CC1c1cccc(Cl)c1.I. The number of hydrogen-bond donors (Lipinski definition) is 2. The summed E-state index contributed by atoms with van der Waals surface area (Å²) in [7, 11) is 0. The minimum Gasteiger partial charge on any atom is -0.370 e. The van der Waals surface area contributed by atoms with Gasteiger partial charge in [-0.15, -0.1) is 24.0 Å². The lowest BCUT2D eigenvalue weighted by molar-refractivity contribution is 0.852. The van der Waals surface area contributed by atoms with Gasteiger partial charge in [-0.3, -0.25) is 0 Å². The van der Waals surface area contributed by atoms with Crippen molar-refractivity contribution in [3.8, 4) is 0 Å². The van der Waals surface area contributed by atoms with Crippen molar-refractivity contribution in [3.63, 3.8) is 0 Å². The Kier molecular flexibility index (Phi) is 6.13. The molecular weight excluding hydrogens is 373 g/mol. The largest absolute Gasteiger partial charge is 0.370 e. The van der Waals surface area contributed by atoms with Gasteiger partial charge in [0.25, 0.3) is 0 Å². The maximum Gasteiger partial charge on any atom is 0.189 e. The van der Waals surface area contributed by atoms with Gasteiger partial charge >= 0.3 is 0 Å². The number of nitrogens with one attached hydrogen (secondary N) is 1. The maximum absolute atomic E-state index is 5.98. The summed E-state index contributed by atoms with van der Waals surface area (Å²) in [5.74, 6) is 0.981. The molecule has 3 nitrogen and oxygen atoms in total. The summed E-state index contributed by atoms with van der Waals surface area (Å²) in [5.41, 5.74) is 8.06. The molecule has 2 unspecified atom stereocenters. The van der Waals surface area contributed by atoms with E-state index in [1.807, 2.05) is 25.1 Å². The molecule has 1 saturated carbocycles. The predicted octanol–water partition coefficient (Wildman–Crippen LogP) is 3.29. The van der Waals surface area contributed by atoms with Gasteiger partial charge in [-0.2, -0.15) is 0 Å². The van der Waals surface area contributed by atoms with Crippen molar-refractivity contribution in [2.24, 2.45) is 10.7 Å². The summed E-state index contributed by atoms with van der Waals surface area (Å²) in [6.07, 6.45) is 1.07. The van der Waals surface area contributed by atoms with E-state index in [1.165, 1.54) is 5.56 Å². The second-order valence-electron chi connectivity index (χ2n) is 4.81. The van der Waals surface area contributed by atoms with Crippen LogP contribution in [0.15, 0.2) is 41.4 Å². The van der Waals surface area contributed by atoms with E-state index < -0.39 is 0 Å². The molecule has 0 saturated heterocycles. The van der Waals surface area contributed by atoms with Gasteiger partial charge in [0.1, 0.15) is 0 Å². The summed E-state index contributed by atoms with van der Waals surface area (Å²) in [5, 5.41) is 4.00. The van der Waals surface area contributed by atoms with Gasteiger partial charge in [-0.1, -0.05) is 35.9 Å². The zero-order chi connectivity index (χ0) is 13.1. The van der Waals surface area contributed by atoms with Crippen LogP contribution in [-0.2, 0) is 0 Å². The zero-order valence-electron chi connectivity index (χ0n) is 10.9. The monoisotopic (exact) mass is 391 g/mol. The van der Waals surface area contributed by atoms with E-state index in [0.717, 1.165) is 17.0 Å². The molecule has 0 spiro atoms. The number of nitrogens with two attached hydrogens (primary N) is 1. The highest BCUT2D eigenvalue weighted by molar-refractivity contribution is 14.0. The summed E-state index contributed by atoms with van der Waals surface area (Å²) in [4.78, 5) is 4.21. The van der Waals surface area contributed by atoms with Crippen molar-refractivity contribution in [3.05, 3.63) is 47.0 Å². The Hall–Kier alpha value is -0.750. The Morgan fingerprint density at radius 2 is 2.32 bits per heavy atom. The fraction of sp³-hybridized carbons (Fsp3) is 0.357. The molecule has 5 heteroatoms. The fourth-order valence-electron chi connectivity index (χ4n) is 1.92. The van der Waals surface area contributed by atoms with E-state index in [4.69, 9.17) is 17.3 Å². The highest BCUT2D eigenvalue weighted by atomic mass is 127. The number of guanidine groups is 1. The Morgan fingerprint density at radius 1 is 1.58 bits per heavy atom. The summed E-state index contributed by atoms with van der Waals surface area (Å²) < 4.78 is 0. The molecule has 0 aliphatic heterocycles. The number of aliphatic imine (C=N–C) groups is 1. The van der Waals surface area contributed by atoms with Crippen molar-refractivity contribution in [2.75, 3.05) is 6.54 Å².